The Morgan fingerprint density at radius 2 is 1.00 bits per heavy atom. The first kappa shape index (κ1) is 29.7. The molecule has 0 fully saturated rings. The maximum atomic E-state index is 6.34. The van der Waals surface area contributed by atoms with E-state index in [-0.39, 0.29) is 5.41 Å². The summed E-state index contributed by atoms with van der Waals surface area (Å²) in [6.45, 7) is 4.71. The van der Waals surface area contributed by atoms with Gasteiger partial charge in [-0.05, 0) is 111 Å². The third-order valence-corrected chi connectivity index (χ3v) is 12.0. The molecule has 12 rings (SSSR count). The first-order valence-corrected chi connectivity index (χ1v) is 18.7. The lowest BCUT2D eigenvalue weighted by molar-refractivity contribution is 0.657. The molecule has 1 aliphatic carbocycles. The molecule has 11 aromatic rings. The number of rotatable bonds is 3. The fourth-order valence-corrected chi connectivity index (χ4v) is 9.46. The fourth-order valence-electron chi connectivity index (χ4n) is 9.46. The molecule has 0 amide bonds. The summed E-state index contributed by atoms with van der Waals surface area (Å²) in [5, 5.41) is 7.13. The number of hydrogen-bond acceptors (Lipinski definition) is 2. The van der Waals surface area contributed by atoms with Gasteiger partial charge in [0.1, 0.15) is 22.3 Å². The summed E-state index contributed by atoms with van der Waals surface area (Å²) in [4.78, 5) is 0. The van der Waals surface area contributed by atoms with Gasteiger partial charge >= 0.3 is 0 Å². The summed E-state index contributed by atoms with van der Waals surface area (Å²) in [7, 11) is 0. The SMILES string of the molecule is CC1(C)c2ccc(-c3ccc4c(c3)c3cc(-c5ccccc5)ccc3n4-c3ccc4oc5ccccc5c4c3)cc2-c2ccc3oc4ccccc4c3c21. The quantitative estimate of drug-likeness (QED) is 0.185. The van der Waals surface area contributed by atoms with Crippen molar-refractivity contribution in [3.63, 3.8) is 0 Å². The van der Waals surface area contributed by atoms with Gasteiger partial charge in [0.15, 0.2) is 0 Å². The second kappa shape index (κ2) is 10.6. The van der Waals surface area contributed by atoms with Gasteiger partial charge in [-0.3, -0.25) is 0 Å². The molecule has 0 saturated carbocycles. The average Bonchev–Trinajstić information content (AvgIpc) is 3.94. The zero-order valence-electron chi connectivity index (χ0n) is 29.9. The summed E-state index contributed by atoms with van der Waals surface area (Å²) >= 11 is 0. The zero-order chi connectivity index (χ0) is 35.7. The molecule has 254 valence electrons. The minimum atomic E-state index is -0.165. The Balaban J connectivity index is 1.07. The normalized spacial score (nSPS) is 13.5. The molecule has 8 aromatic carbocycles. The second-order valence-electron chi connectivity index (χ2n) is 15.3. The van der Waals surface area contributed by atoms with Gasteiger partial charge in [0.05, 0.1) is 11.0 Å². The number of hydrogen-bond donors (Lipinski definition) is 0. The van der Waals surface area contributed by atoms with Crippen LogP contribution in [0.1, 0.15) is 25.0 Å². The van der Waals surface area contributed by atoms with Crippen LogP contribution in [0.25, 0.3) is 105 Å². The first-order chi connectivity index (χ1) is 26.5. The van der Waals surface area contributed by atoms with E-state index in [1.165, 1.54) is 77.1 Å². The van der Waals surface area contributed by atoms with E-state index < -0.39 is 0 Å². The minimum Gasteiger partial charge on any atom is -0.456 e. The van der Waals surface area contributed by atoms with Crippen molar-refractivity contribution in [1.29, 1.82) is 0 Å². The van der Waals surface area contributed by atoms with Crippen LogP contribution in [0.15, 0.2) is 173 Å². The van der Waals surface area contributed by atoms with Crippen LogP contribution in [-0.4, -0.2) is 4.57 Å². The van der Waals surface area contributed by atoms with E-state index in [0.717, 1.165) is 38.8 Å². The van der Waals surface area contributed by atoms with Crippen molar-refractivity contribution in [2.24, 2.45) is 0 Å². The third-order valence-electron chi connectivity index (χ3n) is 12.0. The molecule has 3 aromatic heterocycles. The van der Waals surface area contributed by atoms with E-state index in [4.69, 9.17) is 8.83 Å². The zero-order valence-corrected chi connectivity index (χ0v) is 29.9. The maximum absolute atomic E-state index is 6.34. The van der Waals surface area contributed by atoms with Crippen molar-refractivity contribution in [3.05, 3.63) is 175 Å². The topological polar surface area (TPSA) is 31.2 Å². The monoisotopic (exact) mass is 691 g/mol. The Hall–Kier alpha value is -6.84. The number of aromatic nitrogens is 1. The Kier molecular flexibility index (Phi) is 5.84. The van der Waals surface area contributed by atoms with Gasteiger partial charge < -0.3 is 13.4 Å². The van der Waals surface area contributed by atoms with Crippen molar-refractivity contribution in [2.45, 2.75) is 19.3 Å². The highest BCUT2D eigenvalue weighted by molar-refractivity contribution is 6.14. The van der Waals surface area contributed by atoms with Gasteiger partial charge in [-0.1, -0.05) is 111 Å². The van der Waals surface area contributed by atoms with Crippen LogP contribution >= 0.6 is 0 Å². The van der Waals surface area contributed by atoms with Crippen molar-refractivity contribution in [3.8, 4) is 39.1 Å². The Morgan fingerprint density at radius 3 is 1.78 bits per heavy atom. The van der Waals surface area contributed by atoms with Crippen molar-refractivity contribution >= 4 is 65.7 Å². The summed E-state index contributed by atoms with van der Waals surface area (Å²) in [6.07, 6.45) is 0. The number of fused-ring (bicyclic) bond motifs is 13. The van der Waals surface area contributed by atoms with Crippen LogP contribution in [0.5, 0.6) is 0 Å². The largest absolute Gasteiger partial charge is 0.456 e. The summed E-state index contributed by atoms with van der Waals surface area (Å²) in [6, 6.07) is 59.3. The molecular formula is C51H33NO2. The Labute approximate surface area is 311 Å². The highest BCUT2D eigenvalue weighted by Crippen LogP contribution is 2.54. The molecule has 3 nitrogen and oxygen atoms in total. The Bertz CT molecular complexity index is 3350. The van der Waals surface area contributed by atoms with Crippen LogP contribution in [0.3, 0.4) is 0 Å². The standard InChI is InChI=1S/C51H33NO2/c1-51(2)42-21-16-32(26-38(42)36-20-25-48-49(50(36)51)37-13-7-9-15-46(37)54-48)33-18-23-44-40(28-33)39-27-31(30-10-4-3-5-11-30)17-22-43(39)52(44)34-19-24-47-41(29-34)35-12-6-8-14-45(35)53-47/h3-29H,1-2H3. The van der Waals surface area contributed by atoms with Gasteiger partial charge in [-0.25, -0.2) is 0 Å². The lowest BCUT2D eigenvalue weighted by atomic mass is 9.80. The van der Waals surface area contributed by atoms with Crippen molar-refractivity contribution in [2.75, 3.05) is 0 Å². The van der Waals surface area contributed by atoms with Crippen LogP contribution in [0.4, 0.5) is 0 Å². The van der Waals surface area contributed by atoms with E-state index in [1.807, 2.05) is 18.2 Å². The molecule has 3 heteroatoms. The lowest BCUT2D eigenvalue weighted by Gasteiger charge is -2.22. The summed E-state index contributed by atoms with van der Waals surface area (Å²) < 4.78 is 15.0. The first-order valence-electron chi connectivity index (χ1n) is 18.7. The maximum Gasteiger partial charge on any atom is 0.135 e. The van der Waals surface area contributed by atoms with Crippen LogP contribution in [-0.2, 0) is 5.41 Å². The molecule has 0 radical (unpaired) electrons. The van der Waals surface area contributed by atoms with E-state index in [9.17, 15) is 0 Å². The van der Waals surface area contributed by atoms with Gasteiger partial charge in [0.2, 0.25) is 0 Å². The molecule has 0 aliphatic heterocycles. The molecule has 1 aliphatic rings. The van der Waals surface area contributed by atoms with Crippen LogP contribution in [0, 0.1) is 0 Å². The van der Waals surface area contributed by atoms with Gasteiger partial charge in [0, 0.05) is 43.4 Å². The van der Waals surface area contributed by atoms with E-state index in [1.54, 1.807) is 0 Å². The molecule has 0 spiro atoms. The van der Waals surface area contributed by atoms with Gasteiger partial charge in [-0.15, -0.1) is 0 Å². The van der Waals surface area contributed by atoms with E-state index in [0.29, 0.717) is 0 Å². The summed E-state index contributed by atoms with van der Waals surface area (Å²) in [5.41, 5.74) is 17.1. The van der Waals surface area contributed by atoms with Crippen molar-refractivity contribution < 1.29 is 8.83 Å². The van der Waals surface area contributed by atoms with E-state index in [2.05, 4.69) is 164 Å². The van der Waals surface area contributed by atoms with Crippen molar-refractivity contribution in [1.82, 2.24) is 4.57 Å². The third kappa shape index (κ3) is 4.01. The minimum absolute atomic E-state index is 0.165. The number of benzene rings is 8. The van der Waals surface area contributed by atoms with Crippen LogP contribution < -0.4 is 0 Å². The smallest absolute Gasteiger partial charge is 0.135 e. The second-order valence-corrected chi connectivity index (χ2v) is 15.3. The number of nitrogens with zero attached hydrogens (tertiary/aromatic N) is 1. The average molecular weight is 692 g/mol. The predicted octanol–water partition coefficient (Wildman–Crippen LogP) is 14.2. The number of furan rings is 2. The molecule has 0 bridgehead atoms. The Morgan fingerprint density at radius 1 is 0.407 bits per heavy atom. The molecule has 0 saturated heterocycles. The van der Waals surface area contributed by atoms with Gasteiger partial charge in [-0.2, -0.15) is 0 Å². The lowest BCUT2D eigenvalue weighted by Crippen LogP contribution is -2.15. The number of para-hydroxylation sites is 2. The molecule has 0 N–H and O–H groups in total. The highest BCUT2D eigenvalue weighted by Gasteiger charge is 2.38. The molecule has 0 unspecified atom stereocenters. The van der Waals surface area contributed by atoms with E-state index >= 15 is 0 Å². The summed E-state index contributed by atoms with van der Waals surface area (Å²) in [5.74, 6) is 0. The molecule has 54 heavy (non-hydrogen) atoms. The molecule has 3 heterocycles. The fraction of sp³-hybridized carbons (Fsp3) is 0.0588. The predicted molar refractivity (Wildman–Crippen MR) is 224 cm³/mol. The molecule has 0 atom stereocenters. The highest BCUT2D eigenvalue weighted by atomic mass is 16.3. The molecular weight excluding hydrogens is 659 g/mol. The van der Waals surface area contributed by atoms with Gasteiger partial charge in [0.25, 0.3) is 0 Å². The van der Waals surface area contributed by atoms with Crippen LogP contribution in [0.2, 0.25) is 0 Å².